The van der Waals surface area contributed by atoms with E-state index in [9.17, 15) is 18.0 Å². The number of carboxylic acids is 1. The summed E-state index contributed by atoms with van der Waals surface area (Å²) in [6, 6.07) is 7.63. The summed E-state index contributed by atoms with van der Waals surface area (Å²) in [5.74, 6) is -2.73. The Hall–Kier alpha value is -1.89. The van der Waals surface area contributed by atoms with Crippen LogP contribution in [0.4, 0.5) is 0 Å². The summed E-state index contributed by atoms with van der Waals surface area (Å²) in [5.41, 5.74) is 0.745. The van der Waals surface area contributed by atoms with Crippen LogP contribution in [0.3, 0.4) is 0 Å². The van der Waals surface area contributed by atoms with Gasteiger partial charge in [-0.2, -0.15) is 0 Å². The van der Waals surface area contributed by atoms with Gasteiger partial charge in [0.25, 0.3) is 0 Å². The third-order valence-electron chi connectivity index (χ3n) is 2.31. The smallest absolute Gasteiger partial charge is 0.326 e. The highest BCUT2D eigenvalue weighted by atomic mass is 32.2. The number of hydrogen-bond donors (Lipinski definition) is 2. The molecule has 0 saturated heterocycles. The van der Waals surface area contributed by atoms with Crippen molar-refractivity contribution in [1.82, 2.24) is 5.32 Å². The number of nitrogens with one attached hydrogen (secondary N) is 1. The number of hydrogen-bond acceptors (Lipinski definition) is 4. The Morgan fingerprint density at radius 3 is 2.32 bits per heavy atom. The molecule has 0 bridgehead atoms. The third kappa shape index (κ3) is 6.01. The minimum Gasteiger partial charge on any atom is -0.480 e. The van der Waals surface area contributed by atoms with Gasteiger partial charge in [-0.3, -0.25) is 4.79 Å². The zero-order chi connectivity index (χ0) is 14.5. The molecule has 1 aromatic rings. The zero-order valence-corrected chi connectivity index (χ0v) is 11.2. The van der Waals surface area contributed by atoms with Crippen LogP contribution in [0, 0.1) is 0 Å². The quantitative estimate of drug-likeness (QED) is 0.756. The van der Waals surface area contributed by atoms with E-state index < -0.39 is 33.5 Å². The molecule has 0 radical (unpaired) electrons. The standard InChI is InChI=1S/C12H15NO5S/c1-19(17,18)8-11(14)13-10(12(15)16)7-9-5-3-2-4-6-9/h2-6,10H,7-8H2,1H3,(H,13,14)(H,15,16)/t10-/m1/s1. The first-order valence-corrected chi connectivity index (χ1v) is 7.58. The highest BCUT2D eigenvalue weighted by molar-refractivity contribution is 7.91. The molecule has 0 aliphatic rings. The molecule has 0 saturated carbocycles. The maximum Gasteiger partial charge on any atom is 0.326 e. The first kappa shape index (κ1) is 15.2. The van der Waals surface area contributed by atoms with Gasteiger partial charge in [-0.1, -0.05) is 30.3 Å². The van der Waals surface area contributed by atoms with Gasteiger partial charge in [-0.25, -0.2) is 13.2 Å². The lowest BCUT2D eigenvalue weighted by atomic mass is 10.1. The van der Waals surface area contributed by atoms with Crippen molar-refractivity contribution in [2.24, 2.45) is 0 Å². The van der Waals surface area contributed by atoms with Crippen molar-refractivity contribution in [3.05, 3.63) is 35.9 Å². The van der Waals surface area contributed by atoms with Crippen LogP contribution in [0.2, 0.25) is 0 Å². The Bertz CT molecular complexity index is 553. The van der Waals surface area contributed by atoms with E-state index in [0.717, 1.165) is 11.8 Å². The lowest BCUT2D eigenvalue weighted by Crippen LogP contribution is -2.44. The van der Waals surface area contributed by atoms with E-state index >= 15 is 0 Å². The summed E-state index contributed by atoms with van der Waals surface area (Å²) >= 11 is 0. The fraction of sp³-hybridized carbons (Fsp3) is 0.333. The second-order valence-electron chi connectivity index (χ2n) is 4.22. The fourth-order valence-electron chi connectivity index (χ4n) is 1.52. The Morgan fingerprint density at radius 2 is 1.84 bits per heavy atom. The van der Waals surface area contributed by atoms with E-state index in [2.05, 4.69) is 5.32 Å². The molecule has 0 unspecified atom stereocenters. The number of carbonyl (C=O) groups is 2. The van der Waals surface area contributed by atoms with E-state index in [1.54, 1.807) is 30.3 Å². The molecule has 0 aliphatic heterocycles. The van der Waals surface area contributed by atoms with Crippen LogP contribution in [0.5, 0.6) is 0 Å². The molecule has 0 heterocycles. The zero-order valence-electron chi connectivity index (χ0n) is 10.4. The maximum atomic E-state index is 11.4. The van der Waals surface area contributed by atoms with Gasteiger partial charge in [0.05, 0.1) is 0 Å². The molecule has 1 rings (SSSR count). The van der Waals surface area contributed by atoms with Crippen molar-refractivity contribution in [3.8, 4) is 0 Å². The van der Waals surface area contributed by atoms with Crippen molar-refractivity contribution in [1.29, 1.82) is 0 Å². The van der Waals surface area contributed by atoms with Gasteiger partial charge in [-0.15, -0.1) is 0 Å². The van der Waals surface area contributed by atoms with Gasteiger partial charge in [0.15, 0.2) is 9.84 Å². The average Bonchev–Trinajstić information content (AvgIpc) is 2.26. The van der Waals surface area contributed by atoms with Crippen LogP contribution in [0.15, 0.2) is 30.3 Å². The highest BCUT2D eigenvalue weighted by Gasteiger charge is 2.22. The number of aliphatic carboxylic acids is 1. The van der Waals surface area contributed by atoms with Crippen molar-refractivity contribution in [3.63, 3.8) is 0 Å². The number of carbonyl (C=O) groups excluding carboxylic acids is 1. The lowest BCUT2D eigenvalue weighted by molar-refractivity contribution is -0.141. The molecule has 0 spiro atoms. The van der Waals surface area contributed by atoms with Gasteiger partial charge < -0.3 is 10.4 Å². The van der Waals surface area contributed by atoms with Crippen LogP contribution in [-0.4, -0.2) is 43.5 Å². The Labute approximate surface area is 111 Å². The predicted octanol–water partition coefficient (Wildman–Crippen LogP) is -0.157. The molecule has 6 nitrogen and oxygen atoms in total. The van der Waals surface area contributed by atoms with Crippen molar-refractivity contribution >= 4 is 21.7 Å². The van der Waals surface area contributed by atoms with Gasteiger partial charge in [-0.05, 0) is 5.56 Å². The predicted molar refractivity (Wildman–Crippen MR) is 69.4 cm³/mol. The molecule has 0 fully saturated rings. The Kier molecular flexibility index (Phi) is 5.05. The normalized spacial score (nSPS) is 12.7. The largest absolute Gasteiger partial charge is 0.480 e. The summed E-state index contributed by atoms with van der Waals surface area (Å²) in [5, 5.41) is 11.2. The molecule has 1 aromatic carbocycles. The molecule has 19 heavy (non-hydrogen) atoms. The number of amides is 1. The van der Waals surface area contributed by atoms with E-state index in [4.69, 9.17) is 5.11 Å². The molecular weight excluding hydrogens is 270 g/mol. The second kappa shape index (κ2) is 6.33. The number of benzene rings is 1. The number of rotatable bonds is 6. The van der Waals surface area contributed by atoms with E-state index in [1.807, 2.05) is 0 Å². The summed E-state index contributed by atoms with van der Waals surface area (Å²) in [7, 11) is -3.47. The van der Waals surface area contributed by atoms with E-state index in [0.29, 0.717) is 0 Å². The highest BCUT2D eigenvalue weighted by Crippen LogP contribution is 2.03. The molecular formula is C12H15NO5S. The Balaban J connectivity index is 2.69. The summed E-state index contributed by atoms with van der Waals surface area (Å²) < 4.78 is 21.9. The minimum absolute atomic E-state index is 0.103. The van der Waals surface area contributed by atoms with Crippen LogP contribution in [0.25, 0.3) is 0 Å². The molecule has 0 aliphatic carbocycles. The minimum atomic E-state index is -3.47. The lowest BCUT2D eigenvalue weighted by Gasteiger charge is -2.14. The Morgan fingerprint density at radius 1 is 1.26 bits per heavy atom. The molecule has 0 aromatic heterocycles. The van der Waals surface area contributed by atoms with Gasteiger partial charge in [0, 0.05) is 12.7 Å². The molecule has 7 heteroatoms. The first-order chi connectivity index (χ1) is 8.78. The monoisotopic (exact) mass is 285 g/mol. The second-order valence-corrected chi connectivity index (χ2v) is 6.36. The van der Waals surface area contributed by atoms with Gasteiger partial charge >= 0.3 is 5.97 Å². The third-order valence-corrected chi connectivity index (χ3v) is 3.10. The van der Waals surface area contributed by atoms with Gasteiger partial charge in [0.2, 0.25) is 5.91 Å². The number of carboxylic acid groups (broad SMARTS) is 1. The summed E-state index contributed by atoms with van der Waals surface area (Å²) in [6.07, 6.45) is 1.02. The van der Waals surface area contributed by atoms with Gasteiger partial charge in [0.1, 0.15) is 11.8 Å². The SMILES string of the molecule is CS(=O)(=O)CC(=O)N[C@H](Cc1ccccc1)C(=O)O. The summed E-state index contributed by atoms with van der Waals surface area (Å²) in [4.78, 5) is 22.5. The van der Waals surface area contributed by atoms with Crippen LogP contribution < -0.4 is 5.32 Å². The summed E-state index contributed by atoms with van der Waals surface area (Å²) in [6.45, 7) is 0. The van der Waals surface area contributed by atoms with Crippen molar-refractivity contribution in [2.45, 2.75) is 12.5 Å². The van der Waals surface area contributed by atoms with Crippen molar-refractivity contribution in [2.75, 3.05) is 12.0 Å². The molecule has 104 valence electrons. The fourth-order valence-corrected chi connectivity index (χ4v) is 2.08. The number of sulfone groups is 1. The van der Waals surface area contributed by atoms with Crippen LogP contribution in [-0.2, 0) is 25.8 Å². The maximum absolute atomic E-state index is 11.4. The van der Waals surface area contributed by atoms with E-state index in [1.165, 1.54) is 0 Å². The molecule has 1 atom stereocenters. The molecule has 1 amide bonds. The molecule has 2 N–H and O–H groups in total. The van der Waals surface area contributed by atoms with Crippen LogP contribution >= 0.6 is 0 Å². The topological polar surface area (TPSA) is 101 Å². The van der Waals surface area contributed by atoms with Crippen LogP contribution in [0.1, 0.15) is 5.56 Å². The van der Waals surface area contributed by atoms with Crippen molar-refractivity contribution < 1.29 is 23.1 Å². The van der Waals surface area contributed by atoms with E-state index in [-0.39, 0.29) is 6.42 Å². The first-order valence-electron chi connectivity index (χ1n) is 5.52. The average molecular weight is 285 g/mol.